The zero-order chi connectivity index (χ0) is 20.7. The fourth-order valence-corrected chi connectivity index (χ4v) is 2.95. The Kier molecular flexibility index (Phi) is 7.69. The Hall–Kier alpha value is -2.74. The predicted molar refractivity (Wildman–Crippen MR) is 107 cm³/mol. The van der Waals surface area contributed by atoms with Gasteiger partial charge < -0.3 is 16.4 Å². The molecule has 2 aromatic carbocycles. The number of nitrogens with one attached hydrogen (secondary N) is 2. The van der Waals surface area contributed by atoms with Crippen molar-refractivity contribution in [3.8, 4) is 0 Å². The Bertz CT molecular complexity index is 858. The molecule has 28 heavy (non-hydrogen) atoms. The zero-order valence-corrected chi connectivity index (χ0v) is 16.8. The molecule has 8 heteroatoms. The molecule has 0 heterocycles. The summed E-state index contributed by atoms with van der Waals surface area (Å²) >= 11 is 3.33. The fourth-order valence-electron chi connectivity index (χ4n) is 2.69. The summed E-state index contributed by atoms with van der Waals surface area (Å²) in [5.74, 6) is -2.24. The first kappa shape index (κ1) is 21.6. The van der Waals surface area contributed by atoms with Crippen molar-refractivity contribution in [3.63, 3.8) is 0 Å². The normalized spacial score (nSPS) is 12.7. The SMILES string of the molecule is CC(=O)N[C@@H](Cc1ccccc1F)C(=O)N[C@H](Cc1ccc(Br)cc1)C(N)=O. The summed E-state index contributed by atoms with van der Waals surface area (Å²) in [7, 11) is 0. The van der Waals surface area contributed by atoms with Gasteiger partial charge in [-0.2, -0.15) is 0 Å². The van der Waals surface area contributed by atoms with Gasteiger partial charge >= 0.3 is 0 Å². The molecule has 0 unspecified atom stereocenters. The maximum Gasteiger partial charge on any atom is 0.243 e. The lowest BCUT2D eigenvalue weighted by Gasteiger charge is -2.22. The van der Waals surface area contributed by atoms with E-state index in [0.29, 0.717) is 0 Å². The number of carbonyl (C=O) groups is 3. The van der Waals surface area contributed by atoms with E-state index < -0.39 is 35.6 Å². The van der Waals surface area contributed by atoms with E-state index in [1.165, 1.54) is 25.1 Å². The third-order valence-electron chi connectivity index (χ3n) is 4.09. The van der Waals surface area contributed by atoms with E-state index in [1.807, 2.05) is 12.1 Å². The largest absolute Gasteiger partial charge is 0.368 e. The molecule has 2 aromatic rings. The van der Waals surface area contributed by atoms with Gasteiger partial charge in [0, 0.05) is 24.2 Å². The molecule has 0 fully saturated rings. The molecule has 4 N–H and O–H groups in total. The van der Waals surface area contributed by atoms with Gasteiger partial charge in [0.15, 0.2) is 0 Å². The minimum Gasteiger partial charge on any atom is -0.368 e. The maximum absolute atomic E-state index is 13.9. The molecule has 0 aliphatic carbocycles. The molecule has 0 aliphatic heterocycles. The van der Waals surface area contributed by atoms with Crippen molar-refractivity contribution in [2.45, 2.75) is 31.8 Å². The highest BCUT2D eigenvalue weighted by atomic mass is 79.9. The minimum absolute atomic E-state index is 0.0537. The summed E-state index contributed by atoms with van der Waals surface area (Å²) in [6, 6.07) is 11.2. The standard InChI is InChI=1S/C20H21BrFN3O3/c1-12(26)24-18(11-14-4-2-3-5-16(14)22)20(28)25-17(19(23)27)10-13-6-8-15(21)9-7-13/h2-9,17-18H,10-11H2,1H3,(H2,23,27)(H,24,26)(H,25,28)/t17-,18+/m1/s1. The van der Waals surface area contributed by atoms with E-state index in [2.05, 4.69) is 26.6 Å². The van der Waals surface area contributed by atoms with Crippen molar-refractivity contribution in [2.75, 3.05) is 0 Å². The summed E-state index contributed by atoms with van der Waals surface area (Å²) in [5, 5.41) is 5.06. The smallest absolute Gasteiger partial charge is 0.243 e. The molecule has 6 nitrogen and oxygen atoms in total. The quantitative estimate of drug-likeness (QED) is 0.572. The van der Waals surface area contributed by atoms with E-state index in [1.54, 1.807) is 18.2 Å². The Morgan fingerprint density at radius 2 is 1.64 bits per heavy atom. The zero-order valence-electron chi connectivity index (χ0n) is 15.2. The average Bonchev–Trinajstić information content (AvgIpc) is 2.63. The number of amides is 3. The van der Waals surface area contributed by atoms with E-state index >= 15 is 0 Å². The second-order valence-corrected chi connectivity index (χ2v) is 7.26. The Morgan fingerprint density at radius 1 is 1.00 bits per heavy atom. The molecule has 0 bridgehead atoms. The molecule has 0 aromatic heterocycles. The molecule has 0 saturated carbocycles. The lowest BCUT2D eigenvalue weighted by molar-refractivity contribution is -0.130. The van der Waals surface area contributed by atoms with Gasteiger partial charge in [0.2, 0.25) is 17.7 Å². The molecule has 2 atom stereocenters. The number of benzene rings is 2. The Balaban J connectivity index is 2.14. The van der Waals surface area contributed by atoms with E-state index in [-0.39, 0.29) is 18.4 Å². The van der Waals surface area contributed by atoms with Crippen LogP contribution in [0.5, 0.6) is 0 Å². The Morgan fingerprint density at radius 3 is 2.21 bits per heavy atom. The number of rotatable bonds is 8. The molecule has 0 radical (unpaired) electrons. The first-order valence-electron chi connectivity index (χ1n) is 8.61. The second kappa shape index (κ2) is 9.98. The van der Waals surface area contributed by atoms with E-state index in [4.69, 9.17) is 5.73 Å². The highest BCUT2D eigenvalue weighted by molar-refractivity contribution is 9.10. The summed E-state index contributed by atoms with van der Waals surface area (Å²) in [4.78, 5) is 36.0. The van der Waals surface area contributed by atoms with Gasteiger partial charge in [0.25, 0.3) is 0 Å². The van der Waals surface area contributed by atoms with Crippen LogP contribution in [-0.2, 0) is 27.2 Å². The van der Waals surface area contributed by atoms with Crippen molar-refractivity contribution >= 4 is 33.7 Å². The minimum atomic E-state index is -1.04. The topological polar surface area (TPSA) is 101 Å². The van der Waals surface area contributed by atoms with Gasteiger partial charge in [-0.1, -0.05) is 46.3 Å². The number of carbonyl (C=O) groups excluding carboxylic acids is 3. The highest BCUT2D eigenvalue weighted by Crippen LogP contribution is 2.13. The van der Waals surface area contributed by atoms with Gasteiger partial charge in [-0.25, -0.2) is 4.39 Å². The second-order valence-electron chi connectivity index (χ2n) is 6.34. The summed E-state index contributed by atoms with van der Waals surface area (Å²) in [6.45, 7) is 1.26. The maximum atomic E-state index is 13.9. The van der Waals surface area contributed by atoms with Crippen molar-refractivity contribution in [1.29, 1.82) is 0 Å². The number of primary amides is 1. The third-order valence-corrected chi connectivity index (χ3v) is 4.62. The summed E-state index contributed by atoms with van der Waals surface area (Å²) in [6.07, 6.45) is 0.142. The van der Waals surface area contributed by atoms with E-state index in [0.717, 1.165) is 10.0 Å². The van der Waals surface area contributed by atoms with Gasteiger partial charge in [-0.3, -0.25) is 14.4 Å². The van der Waals surface area contributed by atoms with Crippen LogP contribution in [0, 0.1) is 5.82 Å². The van der Waals surface area contributed by atoms with Gasteiger partial charge in [0.05, 0.1) is 0 Å². The van der Waals surface area contributed by atoms with Crippen LogP contribution in [0.15, 0.2) is 53.0 Å². The third kappa shape index (κ3) is 6.45. The molecule has 0 aliphatic rings. The molecular weight excluding hydrogens is 429 g/mol. The molecule has 0 saturated heterocycles. The van der Waals surface area contributed by atoms with Crippen LogP contribution in [0.2, 0.25) is 0 Å². The number of nitrogens with two attached hydrogens (primary N) is 1. The predicted octanol–water partition coefficient (Wildman–Crippen LogP) is 1.85. The Labute approximate surface area is 170 Å². The summed E-state index contributed by atoms with van der Waals surface area (Å²) < 4.78 is 14.8. The van der Waals surface area contributed by atoms with Crippen LogP contribution < -0.4 is 16.4 Å². The number of hydrogen-bond donors (Lipinski definition) is 3. The van der Waals surface area contributed by atoms with Crippen LogP contribution in [0.3, 0.4) is 0 Å². The lowest BCUT2D eigenvalue weighted by Crippen LogP contribution is -2.54. The van der Waals surface area contributed by atoms with Crippen LogP contribution >= 0.6 is 15.9 Å². The van der Waals surface area contributed by atoms with Gasteiger partial charge in [-0.15, -0.1) is 0 Å². The van der Waals surface area contributed by atoms with Crippen LogP contribution in [0.1, 0.15) is 18.1 Å². The first-order chi connectivity index (χ1) is 13.3. The molecule has 3 amide bonds. The average molecular weight is 450 g/mol. The molecule has 0 spiro atoms. The first-order valence-corrected chi connectivity index (χ1v) is 9.40. The van der Waals surface area contributed by atoms with Gasteiger partial charge in [0.1, 0.15) is 17.9 Å². The van der Waals surface area contributed by atoms with E-state index in [9.17, 15) is 18.8 Å². The van der Waals surface area contributed by atoms with Crippen molar-refractivity contribution in [3.05, 3.63) is 69.9 Å². The monoisotopic (exact) mass is 449 g/mol. The molecule has 2 rings (SSSR count). The van der Waals surface area contributed by atoms with Crippen molar-refractivity contribution in [1.82, 2.24) is 10.6 Å². The summed E-state index contributed by atoms with van der Waals surface area (Å²) in [5.41, 5.74) is 6.51. The number of halogens is 2. The highest BCUT2D eigenvalue weighted by Gasteiger charge is 2.26. The van der Waals surface area contributed by atoms with Crippen molar-refractivity contribution < 1.29 is 18.8 Å². The molecule has 148 valence electrons. The van der Waals surface area contributed by atoms with Crippen LogP contribution in [0.4, 0.5) is 4.39 Å². The number of hydrogen-bond acceptors (Lipinski definition) is 3. The van der Waals surface area contributed by atoms with Crippen LogP contribution in [0.25, 0.3) is 0 Å². The lowest BCUT2D eigenvalue weighted by atomic mass is 10.0. The molecular formula is C20H21BrFN3O3. The van der Waals surface area contributed by atoms with Crippen LogP contribution in [-0.4, -0.2) is 29.8 Å². The fraction of sp³-hybridized carbons (Fsp3) is 0.250. The van der Waals surface area contributed by atoms with Gasteiger partial charge in [-0.05, 0) is 29.3 Å². The van der Waals surface area contributed by atoms with Crippen molar-refractivity contribution in [2.24, 2.45) is 5.73 Å².